The average Bonchev–Trinajstić information content (AvgIpc) is 2.77. The summed E-state index contributed by atoms with van der Waals surface area (Å²) < 4.78 is 25.6. The lowest BCUT2D eigenvalue weighted by molar-refractivity contribution is -0.0258. The van der Waals surface area contributed by atoms with Crippen LogP contribution in [0.15, 0.2) is 59.5 Å². The second-order valence-corrected chi connectivity index (χ2v) is 8.93. The van der Waals surface area contributed by atoms with Crippen molar-refractivity contribution in [1.29, 1.82) is 0 Å². The van der Waals surface area contributed by atoms with E-state index in [-0.39, 0.29) is 10.8 Å². The highest BCUT2D eigenvalue weighted by atomic mass is 32.2. The van der Waals surface area contributed by atoms with Gasteiger partial charge in [-0.15, -0.1) is 0 Å². The number of carbonyl (C=O) groups excluding carboxylic acids is 1. The van der Waals surface area contributed by atoms with Crippen molar-refractivity contribution in [2.24, 2.45) is 0 Å². The molecule has 0 unspecified atom stereocenters. The molecule has 1 saturated heterocycles. The Balaban J connectivity index is 1.59. The lowest BCUT2D eigenvalue weighted by Crippen LogP contribution is -2.49. The molecular weight excluding hydrogens is 390 g/mol. The Morgan fingerprint density at radius 3 is 2.38 bits per heavy atom. The van der Waals surface area contributed by atoms with E-state index in [9.17, 15) is 13.2 Å². The summed E-state index contributed by atoms with van der Waals surface area (Å²) in [5.41, 5.74) is 1.68. The summed E-state index contributed by atoms with van der Waals surface area (Å²) in [4.78, 5) is 21.8. The maximum atomic E-state index is 12.9. The van der Waals surface area contributed by atoms with Crippen molar-refractivity contribution >= 4 is 15.9 Å². The van der Waals surface area contributed by atoms with E-state index < -0.39 is 10.0 Å². The third-order valence-electron chi connectivity index (χ3n) is 5.19. The van der Waals surface area contributed by atoms with Gasteiger partial charge in [0.25, 0.3) is 15.9 Å². The van der Waals surface area contributed by atoms with Crippen LogP contribution in [0.25, 0.3) is 0 Å². The smallest absolute Gasteiger partial charge is 0.264 e. The van der Waals surface area contributed by atoms with Crippen LogP contribution in [0.3, 0.4) is 0 Å². The number of nitrogens with zero attached hydrogens (tertiary/aromatic N) is 3. The molecule has 1 fully saturated rings. The first-order chi connectivity index (χ1) is 13.9. The Labute approximate surface area is 172 Å². The highest BCUT2D eigenvalue weighted by molar-refractivity contribution is 7.89. The first-order valence-electron chi connectivity index (χ1n) is 9.60. The van der Waals surface area contributed by atoms with Gasteiger partial charge in [-0.25, -0.2) is 8.42 Å². The zero-order valence-corrected chi connectivity index (χ0v) is 17.6. The van der Waals surface area contributed by atoms with Gasteiger partial charge in [0.1, 0.15) is 0 Å². The molecule has 0 saturated carbocycles. The van der Waals surface area contributed by atoms with E-state index in [0.717, 1.165) is 30.5 Å². The molecule has 0 aromatic heterocycles. The predicted octanol–water partition coefficient (Wildman–Crippen LogP) is 1.87. The highest BCUT2D eigenvalue weighted by Crippen LogP contribution is 2.18. The van der Waals surface area contributed by atoms with E-state index in [1.54, 1.807) is 17.0 Å². The Kier molecular flexibility index (Phi) is 7.02. The Morgan fingerprint density at radius 1 is 1.03 bits per heavy atom. The van der Waals surface area contributed by atoms with Crippen molar-refractivity contribution in [3.8, 4) is 0 Å². The fraction of sp³-hybridized carbons (Fsp3) is 0.381. The second-order valence-electron chi connectivity index (χ2n) is 6.99. The lowest BCUT2D eigenvalue weighted by Gasteiger charge is -2.34. The minimum atomic E-state index is -3.79. The first kappa shape index (κ1) is 21.4. The number of hydrogen-bond donors (Lipinski definition) is 0. The van der Waals surface area contributed by atoms with Gasteiger partial charge < -0.3 is 4.90 Å². The molecule has 0 N–H and O–H groups in total. The number of benzene rings is 2. The van der Waals surface area contributed by atoms with Crippen molar-refractivity contribution < 1.29 is 18.0 Å². The van der Waals surface area contributed by atoms with E-state index in [4.69, 9.17) is 4.84 Å². The molecule has 0 bridgehead atoms. The molecule has 0 radical (unpaired) electrons. The minimum absolute atomic E-state index is 0.0363. The van der Waals surface area contributed by atoms with Crippen LogP contribution in [-0.2, 0) is 21.3 Å². The lowest BCUT2D eigenvalue weighted by atomic mass is 10.1. The van der Waals surface area contributed by atoms with Gasteiger partial charge in [0.05, 0.1) is 12.0 Å². The number of hydroxylamine groups is 1. The van der Waals surface area contributed by atoms with Crippen molar-refractivity contribution in [2.75, 3.05) is 46.9 Å². The molecule has 29 heavy (non-hydrogen) atoms. The zero-order valence-electron chi connectivity index (χ0n) is 16.8. The summed E-state index contributed by atoms with van der Waals surface area (Å²) in [6.07, 6.45) is 0.988. The summed E-state index contributed by atoms with van der Waals surface area (Å²) in [5.74, 6) is -0.148. The van der Waals surface area contributed by atoms with Gasteiger partial charge in [-0.1, -0.05) is 40.9 Å². The Morgan fingerprint density at radius 2 is 1.72 bits per heavy atom. The number of amides is 1. The fourth-order valence-electron chi connectivity index (χ4n) is 3.33. The van der Waals surface area contributed by atoms with Crippen LogP contribution in [0.2, 0.25) is 0 Å². The quantitative estimate of drug-likeness (QED) is 0.644. The van der Waals surface area contributed by atoms with E-state index >= 15 is 0 Å². The van der Waals surface area contributed by atoms with Crippen molar-refractivity contribution in [1.82, 2.24) is 14.3 Å². The summed E-state index contributed by atoms with van der Waals surface area (Å²) >= 11 is 0. The van der Waals surface area contributed by atoms with E-state index in [1.807, 2.05) is 18.2 Å². The van der Waals surface area contributed by atoms with Gasteiger partial charge in [0.15, 0.2) is 0 Å². The molecule has 156 valence electrons. The van der Waals surface area contributed by atoms with Gasteiger partial charge in [-0.3, -0.25) is 14.5 Å². The number of rotatable bonds is 7. The van der Waals surface area contributed by atoms with Crippen LogP contribution in [-0.4, -0.2) is 75.5 Å². The van der Waals surface area contributed by atoms with Gasteiger partial charge >= 0.3 is 0 Å². The van der Waals surface area contributed by atoms with Crippen LogP contribution >= 0.6 is 0 Å². The van der Waals surface area contributed by atoms with E-state index in [2.05, 4.69) is 17.0 Å². The molecule has 3 rings (SSSR count). The second kappa shape index (κ2) is 9.49. The van der Waals surface area contributed by atoms with Gasteiger partial charge in [-0.2, -0.15) is 0 Å². The molecule has 2 aromatic rings. The largest absolute Gasteiger partial charge is 0.336 e. The Bertz CT molecular complexity index is 926. The van der Waals surface area contributed by atoms with Crippen LogP contribution in [0.1, 0.15) is 15.9 Å². The molecule has 1 amide bonds. The summed E-state index contributed by atoms with van der Waals surface area (Å²) in [6, 6.07) is 16.5. The summed E-state index contributed by atoms with van der Waals surface area (Å²) in [5, 5.41) is 0. The van der Waals surface area contributed by atoms with Crippen LogP contribution in [0, 0.1) is 0 Å². The molecule has 0 spiro atoms. The number of hydrogen-bond acceptors (Lipinski definition) is 5. The molecule has 8 heteroatoms. The van der Waals surface area contributed by atoms with Gasteiger partial charge in [-0.05, 0) is 30.2 Å². The molecule has 0 atom stereocenters. The molecule has 1 heterocycles. The minimum Gasteiger partial charge on any atom is -0.336 e. The average molecular weight is 418 g/mol. The number of piperazine rings is 1. The van der Waals surface area contributed by atoms with Crippen molar-refractivity contribution in [3.05, 3.63) is 65.7 Å². The van der Waals surface area contributed by atoms with Crippen LogP contribution in [0.5, 0.6) is 0 Å². The summed E-state index contributed by atoms with van der Waals surface area (Å²) in [7, 11) is -1.19. The highest BCUT2D eigenvalue weighted by Gasteiger charge is 2.25. The maximum Gasteiger partial charge on any atom is 0.264 e. The monoisotopic (exact) mass is 417 g/mol. The van der Waals surface area contributed by atoms with E-state index in [1.165, 1.54) is 31.9 Å². The third-order valence-corrected chi connectivity index (χ3v) is 6.87. The third kappa shape index (κ3) is 5.22. The van der Waals surface area contributed by atoms with Crippen LogP contribution in [0.4, 0.5) is 0 Å². The topological polar surface area (TPSA) is 70.2 Å². The molecule has 1 aliphatic rings. The van der Waals surface area contributed by atoms with Gasteiger partial charge in [0.2, 0.25) is 0 Å². The zero-order chi connectivity index (χ0) is 20.9. The number of sulfonamides is 1. The molecule has 1 aliphatic heterocycles. The molecule has 2 aromatic carbocycles. The van der Waals surface area contributed by atoms with E-state index in [0.29, 0.717) is 18.7 Å². The predicted molar refractivity (Wildman–Crippen MR) is 111 cm³/mol. The standard InChI is InChI=1S/C21H27N3O4S/c1-22(28-2)29(26,27)20-10-6-9-19(17-20)21(25)24-15-13-23(14-16-24)12-11-18-7-4-3-5-8-18/h3-10,17H,11-16H2,1-2H3. The maximum absolute atomic E-state index is 12.9. The van der Waals surface area contributed by atoms with Gasteiger partial charge in [0, 0.05) is 45.3 Å². The summed E-state index contributed by atoms with van der Waals surface area (Å²) in [6.45, 7) is 3.83. The van der Waals surface area contributed by atoms with Crippen molar-refractivity contribution in [2.45, 2.75) is 11.3 Å². The van der Waals surface area contributed by atoms with Crippen molar-refractivity contribution in [3.63, 3.8) is 0 Å². The molecule has 0 aliphatic carbocycles. The SMILES string of the molecule is CON(C)S(=O)(=O)c1cccc(C(=O)N2CCN(CCc3ccccc3)CC2)c1. The van der Waals surface area contributed by atoms with Crippen LogP contribution < -0.4 is 0 Å². The number of carbonyl (C=O) groups is 1. The Hall–Kier alpha value is -2.26. The molecule has 7 nitrogen and oxygen atoms in total. The fourth-order valence-corrected chi connectivity index (χ4v) is 4.34. The normalized spacial score (nSPS) is 15.6. The first-order valence-corrected chi connectivity index (χ1v) is 11.0. The molecular formula is C21H27N3O4S.